The molecule has 0 radical (unpaired) electrons. The fourth-order valence-electron chi connectivity index (χ4n) is 1.57. The summed E-state index contributed by atoms with van der Waals surface area (Å²) in [4.78, 5) is 11.4. The first-order chi connectivity index (χ1) is 10.3. The van der Waals surface area contributed by atoms with Crippen LogP contribution in [0, 0.1) is 0 Å². The van der Waals surface area contributed by atoms with E-state index in [4.69, 9.17) is 0 Å². The molecule has 0 bridgehead atoms. The topological polar surface area (TPSA) is 92.7 Å². The highest BCUT2D eigenvalue weighted by Gasteiger charge is 2.22. The van der Waals surface area contributed by atoms with E-state index in [0.29, 0.717) is 8.95 Å². The number of esters is 1. The van der Waals surface area contributed by atoms with E-state index in [2.05, 4.69) is 41.3 Å². The van der Waals surface area contributed by atoms with Gasteiger partial charge in [-0.2, -0.15) is 0 Å². The van der Waals surface area contributed by atoms with Crippen LogP contribution in [0.3, 0.4) is 0 Å². The Morgan fingerprint density at radius 3 is 2.55 bits per heavy atom. The molecule has 0 unspecified atom stereocenters. The quantitative estimate of drug-likeness (QED) is 0.666. The molecule has 0 aliphatic rings. The van der Waals surface area contributed by atoms with Crippen molar-refractivity contribution in [3.8, 4) is 5.75 Å². The maximum absolute atomic E-state index is 12.3. The first-order valence-corrected chi connectivity index (χ1v) is 9.57. The summed E-state index contributed by atoms with van der Waals surface area (Å²) >= 11 is 7.44. The van der Waals surface area contributed by atoms with Crippen molar-refractivity contribution in [1.82, 2.24) is 0 Å². The number of nitrogens with one attached hydrogen (secondary N) is 1. The summed E-state index contributed by atoms with van der Waals surface area (Å²) in [5, 5.41) is 11.4. The van der Waals surface area contributed by atoms with Crippen LogP contribution in [0.2, 0.25) is 0 Å². The van der Waals surface area contributed by atoms with Crippen LogP contribution in [0.1, 0.15) is 10.4 Å². The van der Waals surface area contributed by atoms with Crippen LogP contribution in [0.4, 0.5) is 5.69 Å². The molecule has 0 fully saturated rings. The molecule has 0 aliphatic heterocycles. The molecule has 2 rings (SSSR count). The maximum atomic E-state index is 12.3. The normalized spacial score (nSPS) is 11.2. The minimum Gasteiger partial charge on any atom is -0.507 e. The van der Waals surface area contributed by atoms with Gasteiger partial charge < -0.3 is 9.84 Å². The molecule has 1 heterocycles. The predicted octanol–water partition coefficient (Wildman–Crippen LogP) is 3.57. The third-order valence-corrected chi connectivity index (χ3v) is 8.28. The van der Waals surface area contributed by atoms with Gasteiger partial charge in [0.2, 0.25) is 0 Å². The number of carbonyl (C=O) groups excluding carboxylic acids is 1. The Kier molecular flexibility index (Phi) is 5.15. The van der Waals surface area contributed by atoms with Gasteiger partial charge in [-0.1, -0.05) is 0 Å². The number of methoxy groups -OCH3 is 1. The van der Waals surface area contributed by atoms with E-state index in [1.807, 2.05) is 0 Å². The minimum atomic E-state index is -3.81. The molecule has 0 saturated heterocycles. The Balaban J connectivity index is 2.33. The van der Waals surface area contributed by atoms with Gasteiger partial charge in [-0.3, -0.25) is 4.72 Å². The van der Waals surface area contributed by atoms with Crippen LogP contribution in [-0.4, -0.2) is 26.6 Å². The van der Waals surface area contributed by atoms with Gasteiger partial charge in [0.25, 0.3) is 10.0 Å². The largest absolute Gasteiger partial charge is 0.507 e. The van der Waals surface area contributed by atoms with Crippen molar-refractivity contribution in [3.63, 3.8) is 0 Å². The number of anilines is 1. The lowest BCUT2D eigenvalue weighted by Gasteiger charge is -2.09. The summed E-state index contributed by atoms with van der Waals surface area (Å²) in [6.45, 7) is 0. The third kappa shape index (κ3) is 3.45. The molecular weight excluding hydrogens is 462 g/mol. The van der Waals surface area contributed by atoms with Gasteiger partial charge in [0.05, 0.1) is 17.3 Å². The van der Waals surface area contributed by atoms with E-state index in [1.54, 1.807) is 5.38 Å². The molecule has 2 N–H and O–H groups in total. The molecule has 118 valence electrons. The van der Waals surface area contributed by atoms with Crippen LogP contribution in [0.15, 0.2) is 36.7 Å². The van der Waals surface area contributed by atoms with Gasteiger partial charge in [-0.05, 0) is 44.0 Å². The summed E-state index contributed by atoms with van der Waals surface area (Å²) < 4.78 is 32.6. The lowest BCUT2D eigenvalue weighted by atomic mass is 10.2. The lowest BCUT2D eigenvalue weighted by Crippen LogP contribution is -2.12. The van der Waals surface area contributed by atoms with Gasteiger partial charge in [0.1, 0.15) is 11.3 Å². The number of halogens is 2. The first kappa shape index (κ1) is 17.3. The predicted molar refractivity (Wildman–Crippen MR) is 90.0 cm³/mol. The average Bonchev–Trinajstić information content (AvgIpc) is 2.78. The second-order valence-electron chi connectivity index (χ2n) is 4.01. The fourth-order valence-corrected chi connectivity index (χ4v) is 5.69. The van der Waals surface area contributed by atoms with Gasteiger partial charge in [-0.25, -0.2) is 13.2 Å². The Morgan fingerprint density at radius 1 is 1.36 bits per heavy atom. The number of thiophene rings is 1. The molecule has 0 saturated carbocycles. The van der Waals surface area contributed by atoms with Crippen LogP contribution < -0.4 is 4.72 Å². The molecule has 2 aromatic rings. The van der Waals surface area contributed by atoms with Crippen molar-refractivity contribution < 1.29 is 23.1 Å². The molecule has 0 aliphatic carbocycles. The van der Waals surface area contributed by atoms with Crippen molar-refractivity contribution in [2.75, 3.05) is 11.8 Å². The SMILES string of the molecule is COC(=O)c1ccc(NS(=O)(=O)c2scc(Br)c2Br)cc1O. The second-order valence-corrected chi connectivity index (χ2v) is 8.42. The number of hydrogen-bond donors (Lipinski definition) is 2. The molecule has 22 heavy (non-hydrogen) atoms. The molecule has 1 aromatic heterocycles. The monoisotopic (exact) mass is 469 g/mol. The smallest absolute Gasteiger partial charge is 0.341 e. The third-order valence-electron chi connectivity index (χ3n) is 2.56. The first-order valence-electron chi connectivity index (χ1n) is 5.63. The van der Waals surface area contributed by atoms with Crippen LogP contribution in [0.25, 0.3) is 0 Å². The van der Waals surface area contributed by atoms with E-state index in [0.717, 1.165) is 17.4 Å². The molecule has 0 amide bonds. The number of ether oxygens (including phenoxy) is 1. The molecule has 10 heteroatoms. The minimum absolute atomic E-state index is 0.0505. The molecule has 0 atom stereocenters. The Labute approximate surface area is 147 Å². The Bertz CT molecular complexity index is 832. The standard InChI is InChI=1S/C12H9Br2NO5S2/c1-20-11(17)7-3-2-6(4-9(7)16)15-22(18,19)12-10(14)8(13)5-21-12/h2-5,15-16H,1H3. The van der Waals surface area contributed by atoms with Gasteiger partial charge in [0, 0.05) is 15.9 Å². The summed E-state index contributed by atoms with van der Waals surface area (Å²) in [5.41, 5.74) is 0.0760. The van der Waals surface area contributed by atoms with Gasteiger partial charge >= 0.3 is 5.97 Å². The van der Waals surface area contributed by atoms with E-state index in [-0.39, 0.29) is 21.2 Å². The lowest BCUT2D eigenvalue weighted by molar-refractivity contribution is 0.0597. The van der Waals surface area contributed by atoms with Crippen LogP contribution in [0.5, 0.6) is 5.75 Å². The fraction of sp³-hybridized carbons (Fsp3) is 0.0833. The number of rotatable bonds is 4. The molecular formula is C12H9Br2NO5S2. The van der Waals surface area contributed by atoms with E-state index < -0.39 is 16.0 Å². The maximum Gasteiger partial charge on any atom is 0.341 e. The number of hydrogen-bond acceptors (Lipinski definition) is 6. The Morgan fingerprint density at radius 2 is 2.05 bits per heavy atom. The highest BCUT2D eigenvalue weighted by molar-refractivity contribution is 9.13. The summed E-state index contributed by atoms with van der Waals surface area (Å²) in [6.07, 6.45) is 0. The van der Waals surface area contributed by atoms with Crippen molar-refractivity contribution >= 4 is 64.9 Å². The van der Waals surface area contributed by atoms with E-state index in [9.17, 15) is 18.3 Å². The number of carbonyl (C=O) groups is 1. The second kappa shape index (κ2) is 6.57. The van der Waals surface area contributed by atoms with E-state index >= 15 is 0 Å². The molecule has 6 nitrogen and oxygen atoms in total. The number of sulfonamides is 1. The zero-order chi connectivity index (χ0) is 16.5. The molecule has 0 spiro atoms. The number of aromatic hydroxyl groups is 1. The van der Waals surface area contributed by atoms with E-state index in [1.165, 1.54) is 19.2 Å². The Hall–Kier alpha value is -1.10. The van der Waals surface area contributed by atoms with Crippen molar-refractivity contribution in [3.05, 3.63) is 38.1 Å². The summed E-state index contributed by atoms with van der Waals surface area (Å²) in [6, 6.07) is 3.78. The number of phenols is 1. The highest BCUT2D eigenvalue weighted by atomic mass is 79.9. The van der Waals surface area contributed by atoms with Gasteiger partial charge in [-0.15, -0.1) is 11.3 Å². The van der Waals surface area contributed by atoms with Crippen molar-refractivity contribution in [2.45, 2.75) is 4.21 Å². The van der Waals surface area contributed by atoms with Crippen molar-refractivity contribution in [2.24, 2.45) is 0 Å². The average molecular weight is 471 g/mol. The number of phenolic OH excluding ortho intramolecular Hbond substituents is 1. The van der Waals surface area contributed by atoms with Crippen LogP contribution >= 0.6 is 43.2 Å². The van der Waals surface area contributed by atoms with Crippen LogP contribution in [-0.2, 0) is 14.8 Å². The zero-order valence-electron chi connectivity index (χ0n) is 11.0. The summed E-state index contributed by atoms with van der Waals surface area (Å²) in [7, 11) is -2.63. The van der Waals surface area contributed by atoms with Gasteiger partial charge in [0.15, 0.2) is 4.21 Å². The highest BCUT2D eigenvalue weighted by Crippen LogP contribution is 2.37. The van der Waals surface area contributed by atoms with Crippen molar-refractivity contribution in [1.29, 1.82) is 0 Å². The number of benzene rings is 1. The zero-order valence-corrected chi connectivity index (χ0v) is 15.8. The molecule has 1 aromatic carbocycles. The summed E-state index contributed by atoms with van der Waals surface area (Å²) in [5.74, 6) is -1.09.